The summed E-state index contributed by atoms with van der Waals surface area (Å²) in [6, 6.07) is 24.3. The van der Waals surface area contributed by atoms with Crippen molar-refractivity contribution in [2.24, 2.45) is 5.92 Å². The van der Waals surface area contributed by atoms with E-state index in [-0.39, 0.29) is 0 Å². The SMILES string of the molecule is Cc1cc(-c2ccc3c(c2)c2cnccc2n3C2CCCCC2)c(C)cc1-c1ccc2c(c1)-c1cnccc1C2C1CCCCC1. The lowest BCUT2D eigenvalue weighted by molar-refractivity contribution is 0.330. The van der Waals surface area contributed by atoms with E-state index in [1.165, 1.54) is 142 Å². The Morgan fingerprint density at radius 1 is 0.543 bits per heavy atom. The lowest BCUT2D eigenvalue weighted by atomic mass is 9.75. The van der Waals surface area contributed by atoms with Gasteiger partial charge in [0, 0.05) is 58.6 Å². The summed E-state index contributed by atoms with van der Waals surface area (Å²) in [5.41, 5.74) is 16.3. The van der Waals surface area contributed by atoms with Gasteiger partial charge in [-0.25, -0.2) is 0 Å². The minimum absolute atomic E-state index is 0.515. The van der Waals surface area contributed by atoms with Crippen LogP contribution >= 0.6 is 0 Å². The minimum Gasteiger partial charge on any atom is -0.337 e. The maximum absolute atomic E-state index is 4.58. The zero-order chi connectivity index (χ0) is 30.8. The summed E-state index contributed by atoms with van der Waals surface area (Å²) in [5.74, 6) is 1.26. The number of pyridine rings is 2. The highest BCUT2D eigenvalue weighted by Gasteiger charge is 2.35. The van der Waals surface area contributed by atoms with E-state index >= 15 is 0 Å². The van der Waals surface area contributed by atoms with Gasteiger partial charge in [-0.2, -0.15) is 0 Å². The first kappa shape index (κ1) is 28.0. The van der Waals surface area contributed by atoms with Crippen molar-refractivity contribution < 1.29 is 0 Å². The second-order valence-corrected chi connectivity index (χ2v) is 14.4. The number of aryl methyl sites for hydroxylation is 2. The van der Waals surface area contributed by atoms with Crippen molar-refractivity contribution in [2.45, 2.75) is 90.0 Å². The van der Waals surface area contributed by atoms with Gasteiger partial charge in [-0.05, 0) is 126 Å². The number of rotatable bonds is 4. The Balaban J connectivity index is 1.11. The average molecular weight is 602 g/mol. The molecule has 9 rings (SSSR count). The van der Waals surface area contributed by atoms with Gasteiger partial charge in [0.25, 0.3) is 0 Å². The molecule has 1 atom stereocenters. The highest BCUT2D eigenvalue weighted by atomic mass is 15.0. The van der Waals surface area contributed by atoms with Crippen LogP contribution in [0.3, 0.4) is 0 Å². The lowest BCUT2D eigenvalue weighted by Crippen LogP contribution is -2.15. The van der Waals surface area contributed by atoms with E-state index < -0.39 is 0 Å². The van der Waals surface area contributed by atoms with Crippen molar-refractivity contribution >= 4 is 21.8 Å². The Bertz CT molecular complexity index is 2110. The second kappa shape index (κ2) is 11.2. The van der Waals surface area contributed by atoms with E-state index in [2.05, 4.69) is 101 Å². The molecule has 2 saturated carbocycles. The van der Waals surface area contributed by atoms with Crippen molar-refractivity contribution in [1.82, 2.24) is 14.5 Å². The van der Waals surface area contributed by atoms with Crippen LogP contribution in [-0.4, -0.2) is 14.5 Å². The van der Waals surface area contributed by atoms with Crippen molar-refractivity contribution in [1.29, 1.82) is 0 Å². The van der Waals surface area contributed by atoms with Gasteiger partial charge in [0.15, 0.2) is 0 Å². The maximum Gasteiger partial charge on any atom is 0.0525 e. The fourth-order valence-electron chi connectivity index (χ4n) is 9.51. The molecule has 3 aliphatic rings. The van der Waals surface area contributed by atoms with Gasteiger partial charge >= 0.3 is 0 Å². The summed E-state index contributed by atoms with van der Waals surface area (Å²) < 4.78 is 2.62. The summed E-state index contributed by atoms with van der Waals surface area (Å²) >= 11 is 0. The van der Waals surface area contributed by atoms with Gasteiger partial charge in [0.05, 0.1) is 5.52 Å². The molecule has 1 unspecified atom stereocenters. The van der Waals surface area contributed by atoms with Crippen LogP contribution in [0.2, 0.25) is 0 Å². The van der Waals surface area contributed by atoms with Crippen LogP contribution in [0.4, 0.5) is 0 Å². The molecule has 46 heavy (non-hydrogen) atoms. The number of hydrogen-bond donors (Lipinski definition) is 0. The third-order valence-electron chi connectivity index (χ3n) is 11.7. The molecule has 0 N–H and O–H groups in total. The van der Waals surface area contributed by atoms with E-state index in [0.29, 0.717) is 12.0 Å². The Morgan fingerprint density at radius 2 is 1.17 bits per heavy atom. The van der Waals surface area contributed by atoms with E-state index in [9.17, 15) is 0 Å². The van der Waals surface area contributed by atoms with Crippen LogP contribution < -0.4 is 0 Å². The first-order chi connectivity index (χ1) is 22.7. The highest BCUT2D eigenvalue weighted by molar-refractivity contribution is 6.09. The molecule has 2 fully saturated rings. The Hall–Kier alpha value is -4.24. The lowest BCUT2D eigenvalue weighted by Gasteiger charge is -2.29. The molecule has 3 heterocycles. The van der Waals surface area contributed by atoms with Crippen molar-refractivity contribution in [3.8, 4) is 33.4 Å². The smallest absolute Gasteiger partial charge is 0.0525 e. The Labute approximate surface area is 272 Å². The van der Waals surface area contributed by atoms with Crippen LogP contribution in [0.5, 0.6) is 0 Å². The zero-order valence-corrected chi connectivity index (χ0v) is 27.2. The predicted molar refractivity (Wildman–Crippen MR) is 191 cm³/mol. The fraction of sp³-hybridized carbons (Fsp3) is 0.349. The molecule has 0 amide bonds. The largest absolute Gasteiger partial charge is 0.337 e. The molecule has 6 aromatic rings. The second-order valence-electron chi connectivity index (χ2n) is 14.4. The molecule has 3 aromatic carbocycles. The van der Waals surface area contributed by atoms with Crippen LogP contribution in [0.1, 0.15) is 98.4 Å². The third kappa shape index (κ3) is 4.46. The summed E-state index contributed by atoms with van der Waals surface area (Å²) in [6.07, 6.45) is 21.5. The van der Waals surface area contributed by atoms with Crippen molar-refractivity contribution in [3.05, 3.63) is 108 Å². The number of benzene rings is 3. The van der Waals surface area contributed by atoms with Crippen LogP contribution in [0.25, 0.3) is 55.2 Å². The Kier molecular flexibility index (Phi) is 6.84. The molecule has 3 nitrogen and oxygen atoms in total. The van der Waals surface area contributed by atoms with Gasteiger partial charge in [0.1, 0.15) is 0 Å². The standard InChI is InChI=1S/C43H43N3/c1-27-22-36(31-14-16-41-38(24-31)40-26-45-20-18-42(40)46(41)32-11-7-4-8-12-32)28(2)21-35(27)30-13-15-33-37(23-30)39-25-44-19-17-34(39)43(33)29-9-5-3-6-10-29/h13-26,29,32,43H,3-12H2,1-2H3. The minimum atomic E-state index is 0.515. The predicted octanol–water partition coefficient (Wildman–Crippen LogP) is 11.7. The Morgan fingerprint density at radius 3 is 1.96 bits per heavy atom. The van der Waals surface area contributed by atoms with E-state index in [1.807, 2.05) is 12.4 Å². The summed E-state index contributed by atoms with van der Waals surface area (Å²) in [4.78, 5) is 9.13. The van der Waals surface area contributed by atoms with Crippen LogP contribution in [0, 0.1) is 19.8 Å². The fourth-order valence-corrected chi connectivity index (χ4v) is 9.51. The van der Waals surface area contributed by atoms with E-state index in [0.717, 1.165) is 5.92 Å². The summed E-state index contributed by atoms with van der Waals surface area (Å²) in [5, 5.41) is 2.60. The van der Waals surface area contributed by atoms with Gasteiger partial charge in [-0.1, -0.05) is 68.9 Å². The molecular weight excluding hydrogens is 558 g/mol. The maximum atomic E-state index is 4.58. The molecular formula is C43H43N3. The molecule has 0 aliphatic heterocycles. The molecule has 3 aliphatic carbocycles. The van der Waals surface area contributed by atoms with Gasteiger partial charge in [0.2, 0.25) is 0 Å². The monoisotopic (exact) mass is 601 g/mol. The zero-order valence-electron chi connectivity index (χ0n) is 27.2. The quantitative estimate of drug-likeness (QED) is 0.201. The van der Waals surface area contributed by atoms with Gasteiger partial charge in [-0.3, -0.25) is 9.97 Å². The van der Waals surface area contributed by atoms with Crippen molar-refractivity contribution in [3.63, 3.8) is 0 Å². The molecule has 0 bridgehead atoms. The molecule has 230 valence electrons. The number of fused-ring (bicyclic) bond motifs is 6. The van der Waals surface area contributed by atoms with Crippen LogP contribution in [0.15, 0.2) is 85.5 Å². The van der Waals surface area contributed by atoms with Gasteiger partial charge in [-0.15, -0.1) is 0 Å². The average Bonchev–Trinajstić information content (AvgIpc) is 3.62. The molecule has 3 heteroatoms. The molecule has 0 saturated heterocycles. The van der Waals surface area contributed by atoms with Crippen molar-refractivity contribution in [2.75, 3.05) is 0 Å². The summed E-state index contributed by atoms with van der Waals surface area (Å²) in [6.45, 7) is 4.56. The van der Waals surface area contributed by atoms with Crippen LogP contribution in [-0.2, 0) is 0 Å². The normalized spacial score (nSPS) is 18.7. The van der Waals surface area contributed by atoms with E-state index in [1.54, 1.807) is 0 Å². The number of aromatic nitrogens is 3. The highest BCUT2D eigenvalue weighted by Crippen LogP contribution is 2.52. The van der Waals surface area contributed by atoms with Gasteiger partial charge < -0.3 is 4.57 Å². The molecule has 0 spiro atoms. The number of nitrogens with zero attached hydrogens (tertiary/aromatic N) is 3. The van der Waals surface area contributed by atoms with E-state index in [4.69, 9.17) is 0 Å². The first-order valence-corrected chi connectivity index (χ1v) is 17.7. The number of hydrogen-bond acceptors (Lipinski definition) is 2. The third-order valence-corrected chi connectivity index (χ3v) is 11.7. The molecule has 0 radical (unpaired) electrons. The topological polar surface area (TPSA) is 30.7 Å². The molecule has 3 aromatic heterocycles. The summed E-state index contributed by atoms with van der Waals surface area (Å²) in [7, 11) is 0. The first-order valence-electron chi connectivity index (χ1n) is 17.7.